The molecule has 8 heteroatoms. The van der Waals surface area contributed by atoms with Crippen molar-refractivity contribution in [1.29, 1.82) is 0 Å². The lowest BCUT2D eigenvalue weighted by molar-refractivity contribution is -0.137. The summed E-state index contributed by atoms with van der Waals surface area (Å²) in [5, 5.41) is 8.73. The van der Waals surface area contributed by atoms with Crippen molar-refractivity contribution in [3.8, 4) is 28.4 Å². The Hall–Kier alpha value is -4.43. The minimum atomic E-state index is -0.772. The van der Waals surface area contributed by atoms with Gasteiger partial charge in [0.1, 0.15) is 17.2 Å². The minimum absolute atomic E-state index is 0.0697. The number of carboxylic acids is 1. The molecular weight excluding hydrogens is 512 g/mol. The van der Waals surface area contributed by atoms with Crippen LogP contribution in [0.5, 0.6) is 17.2 Å². The average molecular weight is 545 g/mol. The Balaban J connectivity index is 1.36. The SMILES string of the molecule is C=C(COC)C(=O)Oc1ccc(C(=O)Oc2ccc3c(c2)C(C)c2cc(OCCCCCC(=O)O)ccc2-3)cc1. The molecule has 1 unspecified atom stereocenters. The van der Waals surface area contributed by atoms with Crippen molar-refractivity contribution in [2.45, 2.75) is 38.5 Å². The Morgan fingerprint density at radius 3 is 2.10 bits per heavy atom. The molecule has 0 aliphatic heterocycles. The van der Waals surface area contributed by atoms with Gasteiger partial charge in [0.05, 0.1) is 24.4 Å². The van der Waals surface area contributed by atoms with Crippen LogP contribution < -0.4 is 14.2 Å². The van der Waals surface area contributed by atoms with Crippen LogP contribution in [0.25, 0.3) is 11.1 Å². The molecule has 0 saturated carbocycles. The van der Waals surface area contributed by atoms with E-state index in [9.17, 15) is 14.4 Å². The molecule has 40 heavy (non-hydrogen) atoms. The molecule has 3 aromatic rings. The number of unbranched alkanes of at least 4 members (excludes halogenated alkanes) is 2. The van der Waals surface area contributed by atoms with Gasteiger partial charge < -0.3 is 24.1 Å². The maximum absolute atomic E-state index is 12.8. The summed E-state index contributed by atoms with van der Waals surface area (Å²) < 4.78 is 21.7. The number of hydrogen-bond acceptors (Lipinski definition) is 7. The molecule has 0 heterocycles. The molecule has 8 nitrogen and oxygen atoms in total. The molecular formula is C32H32O8. The summed E-state index contributed by atoms with van der Waals surface area (Å²) in [4.78, 5) is 35.4. The van der Waals surface area contributed by atoms with E-state index < -0.39 is 17.9 Å². The van der Waals surface area contributed by atoms with Crippen LogP contribution in [0.3, 0.4) is 0 Å². The Kier molecular flexibility index (Phi) is 9.35. The molecule has 0 saturated heterocycles. The van der Waals surface area contributed by atoms with Gasteiger partial charge in [-0.3, -0.25) is 4.79 Å². The van der Waals surface area contributed by atoms with Crippen LogP contribution in [-0.2, 0) is 14.3 Å². The van der Waals surface area contributed by atoms with Gasteiger partial charge in [-0.2, -0.15) is 0 Å². The second-order valence-electron chi connectivity index (χ2n) is 9.61. The standard InChI is InChI=1S/C32H32O8/c1-20(19-37-3)31(35)39-23-10-8-22(9-11-23)32(36)40-25-13-15-27-26-14-12-24(17-28(26)21(2)29(27)18-25)38-16-6-4-5-7-30(33)34/h8-15,17-18,21H,1,4-7,16,19H2,2-3H3,(H,33,34). The van der Waals surface area contributed by atoms with Gasteiger partial charge in [-0.05, 0) is 90.0 Å². The second-order valence-corrected chi connectivity index (χ2v) is 9.61. The quantitative estimate of drug-likeness (QED) is 0.118. The van der Waals surface area contributed by atoms with Crippen molar-refractivity contribution >= 4 is 17.9 Å². The molecule has 1 aliphatic carbocycles. The first-order valence-electron chi connectivity index (χ1n) is 13.1. The van der Waals surface area contributed by atoms with Gasteiger partial charge >= 0.3 is 17.9 Å². The summed E-state index contributed by atoms with van der Waals surface area (Å²) in [6, 6.07) is 17.8. The van der Waals surface area contributed by atoms with Crippen LogP contribution >= 0.6 is 0 Å². The molecule has 1 N–H and O–H groups in total. The molecule has 0 radical (unpaired) electrons. The van der Waals surface area contributed by atoms with Gasteiger partial charge in [0.25, 0.3) is 0 Å². The van der Waals surface area contributed by atoms with Crippen molar-refractivity contribution in [1.82, 2.24) is 0 Å². The highest BCUT2D eigenvalue weighted by atomic mass is 16.5. The highest BCUT2D eigenvalue weighted by molar-refractivity contribution is 5.92. The smallest absolute Gasteiger partial charge is 0.343 e. The maximum Gasteiger partial charge on any atom is 0.343 e. The molecule has 0 aromatic heterocycles. The van der Waals surface area contributed by atoms with Crippen molar-refractivity contribution in [3.63, 3.8) is 0 Å². The molecule has 4 rings (SSSR count). The molecule has 1 aliphatic rings. The topological polar surface area (TPSA) is 108 Å². The van der Waals surface area contributed by atoms with Crippen molar-refractivity contribution in [3.05, 3.63) is 89.5 Å². The number of carbonyl (C=O) groups excluding carboxylic acids is 2. The Bertz CT molecular complexity index is 1410. The normalized spacial score (nSPS) is 13.2. The predicted octanol–water partition coefficient (Wildman–Crippen LogP) is 6.17. The van der Waals surface area contributed by atoms with Crippen LogP contribution in [0.1, 0.15) is 60.0 Å². The lowest BCUT2D eigenvalue weighted by atomic mass is 9.99. The Morgan fingerprint density at radius 1 is 0.825 bits per heavy atom. The van der Waals surface area contributed by atoms with Crippen molar-refractivity contribution in [2.24, 2.45) is 0 Å². The van der Waals surface area contributed by atoms with Gasteiger partial charge in [-0.1, -0.05) is 25.6 Å². The van der Waals surface area contributed by atoms with Crippen LogP contribution in [0, 0.1) is 0 Å². The first-order valence-corrected chi connectivity index (χ1v) is 13.1. The summed E-state index contributed by atoms with van der Waals surface area (Å²) >= 11 is 0. The number of esters is 2. The first-order chi connectivity index (χ1) is 19.3. The van der Waals surface area contributed by atoms with Crippen molar-refractivity contribution < 1.29 is 38.4 Å². The molecule has 0 spiro atoms. The van der Waals surface area contributed by atoms with E-state index in [1.165, 1.54) is 31.4 Å². The van der Waals surface area contributed by atoms with E-state index in [2.05, 4.69) is 13.5 Å². The summed E-state index contributed by atoms with van der Waals surface area (Å²) in [7, 11) is 1.46. The van der Waals surface area contributed by atoms with Crippen LogP contribution in [0.15, 0.2) is 72.8 Å². The molecule has 208 valence electrons. The van der Waals surface area contributed by atoms with Crippen LogP contribution in [0.2, 0.25) is 0 Å². The zero-order chi connectivity index (χ0) is 28.6. The van der Waals surface area contributed by atoms with E-state index in [0.717, 1.165) is 40.8 Å². The molecule has 0 bridgehead atoms. The molecule has 3 aromatic carbocycles. The lowest BCUT2D eigenvalue weighted by Crippen LogP contribution is -2.14. The van der Waals surface area contributed by atoms with Gasteiger partial charge in [0, 0.05) is 19.4 Å². The third-order valence-electron chi connectivity index (χ3n) is 6.69. The van der Waals surface area contributed by atoms with E-state index in [1.807, 2.05) is 30.3 Å². The van der Waals surface area contributed by atoms with Crippen LogP contribution in [-0.4, -0.2) is 43.3 Å². The first kappa shape index (κ1) is 28.6. The third kappa shape index (κ3) is 6.95. The number of carbonyl (C=O) groups is 3. The average Bonchev–Trinajstić information content (AvgIpc) is 3.21. The fraction of sp³-hybridized carbons (Fsp3) is 0.281. The lowest BCUT2D eigenvalue weighted by Gasteiger charge is -2.11. The summed E-state index contributed by atoms with van der Waals surface area (Å²) in [5.74, 6) is -0.311. The highest BCUT2D eigenvalue weighted by Gasteiger charge is 2.27. The summed E-state index contributed by atoms with van der Waals surface area (Å²) in [5.41, 5.74) is 4.91. The monoisotopic (exact) mass is 544 g/mol. The van der Waals surface area contributed by atoms with Crippen molar-refractivity contribution in [2.75, 3.05) is 20.3 Å². The van der Waals surface area contributed by atoms with E-state index in [0.29, 0.717) is 24.3 Å². The minimum Gasteiger partial charge on any atom is -0.494 e. The zero-order valence-electron chi connectivity index (χ0n) is 22.6. The number of fused-ring (bicyclic) bond motifs is 3. The number of carboxylic acid groups (broad SMARTS) is 1. The number of benzene rings is 3. The molecule has 0 amide bonds. The van der Waals surface area contributed by atoms with E-state index >= 15 is 0 Å². The van der Waals surface area contributed by atoms with Gasteiger partial charge in [0.2, 0.25) is 0 Å². The number of hydrogen-bond donors (Lipinski definition) is 1. The van der Waals surface area contributed by atoms with Crippen LogP contribution in [0.4, 0.5) is 0 Å². The van der Waals surface area contributed by atoms with E-state index in [1.54, 1.807) is 6.07 Å². The second kappa shape index (κ2) is 13.1. The highest BCUT2D eigenvalue weighted by Crippen LogP contribution is 2.47. The maximum atomic E-state index is 12.8. The predicted molar refractivity (Wildman–Crippen MR) is 149 cm³/mol. The third-order valence-corrected chi connectivity index (χ3v) is 6.69. The molecule has 1 atom stereocenters. The summed E-state index contributed by atoms with van der Waals surface area (Å²) in [6.07, 6.45) is 2.44. The largest absolute Gasteiger partial charge is 0.494 e. The van der Waals surface area contributed by atoms with Gasteiger partial charge in [-0.25, -0.2) is 9.59 Å². The molecule has 0 fully saturated rings. The van der Waals surface area contributed by atoms with E-state index in [4.69, 9.17) is 24.1 Å². The number of ether oxygens (including phenoxy) is 4. The number of methoxy groups -OCH3 is 1. The fourth-order valence-corrected chi connectivity index (χ4v) is 4.59. The fourth-order valence-electron chi connectivity index (χ4n) is 4.59. The summed E-state index contributed by atoms with van der Waals surface area (Å²) in [6.45, 7) is 6.32. The van der Waals surface area contributed by atoms with Gasteiger partial charge in [0.15, 0.2) is 0 Å². The zero-order valence-corrected chi connectivity index (χ0v) is 22.6. The Labute approximate surface area is 233 Å². The van der Waals surface area contributed by atoms with Gasteiger partial charge in [-0.15, -0.1) is 0 Å². The van der Waals surface area contributed by atoms with E-state index in [-0.39, 0.29) is 30.3 Å². The Morgan fingerprint density at radius 2 is 1.45 bits per heavy atom. The number of rotatable bonds is 13. The number of aliphatic carboxylic acids is 1.